The fourth-order valence-corrected chi connectivity index (χ4v) is 4.80. The van der Waals surface area contributed by atoms with Gasteiger partial charge in [-0.2, -0.15) is 0 Å². The Balaban J connectivity index is 1.89. The zero-order valence-corrected chi connectivity index (χ0v) is 12.9. The van der Waals surface area contributed by atoms with Crippen LogP contribution in [-0.2, 0) is 14.6 Å². The van der Waals surface area contributed by atoms with Gasteiger partial charge in [-0.15, -0.1) is 11.8 Å². The van der Waals surface area contributed by atoms with Crippen molar-refractivity contribution in [2.45, 2.75) is 17.4 Å². The van der Waals surface area contributed by atoms with Crippen LogP contribution in [0.4, 0.5) is 5.69 Å². The number of anilines is 1. The number of thioether (sulfide) groups is 1. The summed E-state index contributed by atoms with van der Waals surface area (Å²) in [6.07, 6.45) is 0.535. The third-order valence-corrected chi connectivity index (χ3v) is 6.10. The first kappa shape index (κ1) is 15.2. The van der Waals surface area contributed by atoms with Gasteiger partial charge in [-0.3, -0.25) is 4.79 Å². The molecule has 1 aliphatic heterocycles. The molecule has 1 saturated heterocycles. The first-order chi connectivity index (χ1) is 9.37. The van der Waals surface area contributed by atoms with Crippen LogP contribution in [-0.4, -0.2) is 49.6 Å². The van der Waals surface area contributed by atoms with E-state index in [-0.39, 0.29) is 29.2 Å². The molecule has 2 N–H and O–H groups in total. The molecule has 20 heavy (non-hydrogen) atoms. The second-order valence-electron chi connectivity index (χ2n) is 4.92. The molecule has 0 radical (unpaired) electrons. The minimum Gasteiger partial charge on any atom is -0.399 e. The van der Waals surface area contributed by atoms with Crippen LogP contribution >= 0.6 is 11.8 Å². The van der Waals surface area contributed by atoms with E-state index in [0.717, 1.165) is 4.90 Å². The zero-order chi connectivity index (χ0) is 14.8. The van der Waals surface area contributed by atoms with Gasteiger partial charge in [0.05, 0.1) is 17.3 Å². The number of nitrogens with zero attached hydrogens (tertiary/aromatic N) is 1. The highest BCUT2D eigenvalue weighted by atomic mass is 32.2. The highest BCUT2D eigenvalue weighted by Crippen LogP contribution is 2.22. The van der Waals surface area contributed by atoms with Crippen molar-refractivity contribution in [3.63, 3.8) is 0 Å². The van der Waals surface area contributed by atoms with Crippen LogP contribution < -0.4 is 5.73 Å². The molecule has 1 aromatic rings. The maximum Gasteiger partial charge on any atom is 0.232 e. The number of hydrogen-bond acceptors (Lipinski definition) is 5. The minimum atomic E-state index is -2.96. The Morgan fingerprint density at radius 2 is 2.25 bits per heavy atom. The lowest BCUT2D eigenvalue weighted by molar-refractivity contribution is -0.128. The Bertz CT molecular complexity index is 601. The summed E-state index contributed by atoms with van der Waals surface area (Å²) < 4.78 is 22.9. The third kappa shape index (κ3) is 3.89. The molecular weight excluding hydrogens is 296 g/mol. The largest absolute Gasteiger partial charge is 0.399 e. The summed E-state index contributed by atoms with van der Waals surface area (Å²) in [5.74, 6) is 0.492. The number of carbonyl (C=O) groups is 1. The van der Waals surface area contributed by atoms with Crippen LogP contribution in [0.2, 0.25) is 0 Å². The molecule has 0 spiro atoms. The number of benzene rings is 1. The average Bonchev–Trinajstić information content (AvgIpc) is 2.75. The Labute approximate surface area is 123 Å². The van der Waals surface area contributed by atoms with Crippen LogP contribution in [0.25, 0.3) is 0 Å². The molecule has 110 valence electrons. The van der Waals surface area contributed by atoms with E-state index in [0.29, 0.717) is 12.1 Å². The zero-order valence-electron chi connectivity index (χ0n) is 11.3. The Morgan fingerprint density at radius 1 is 1.50 bits per heavy atom. The van der Waals surface area contributed by atoms with Crippen LogP contribution in [0.15, 0.2) is 29.2 Å². The monoisotopic (exact) mass is 314 g/mol. The Hall–Kier alpha value is -1.21. The van der Waals surface area contributed by atoms with Crippen molar-refractivity contribution < 1.29 is 13.2 Å². The fraction of sp³-hybridized carbons (Fsp3) is 0.462. The van der Waals surface area contributed by atoms with Gasteiger partial charge in [0.25, 0.3) is 0 Å². The highest BCUT2D eigenvalue weighted by Gasteiger charge is 2.32. The molecule has 7 heteroatoms. The normalized spacial score (nSPS) is 20.8. The molecule has 1 aliphatic rings. The van der Waals surface area contributed by atoms with Crippen LogP contribution in [0.5, 0.6) is 0 Å². The molecule has 1 aromatic carbocycles. The third-order valence-electron chi connectivity index (χ3n) is 3.37. The number of amides is 1. The SMILES string of the molecule is CN(C(=O)CSc1cccc(N)c1)C1CCS(=O)(=O)C1. The lowest BCUT2D eigenvalue weighted by Crippen LogP contribution is -2.38. The second kappa shape index (κ2) is 6.05. The van der Waals surface area contributed by atoms with Crippen molar-refractivity contribution >= 4 is 33.2 Å². The van der Waals surface area contributed by atoms with Crippen molar-refractivity contribution in [2.24, 2.45) is 0 Å². The summed E-state index contributed by atoms with van der Waals surface area (Å²) in [6.45, 7) is 0. The Kier molecular flexibility index (Phi) is 4.59. The molecule has 1 atom stereocenters. The van der Waals surface area contributed by atoms with Gasteiger partial charge < -0.3 is 10.6 Å². The molecule has 1 fully saturated rings. The summed E-state index contributed by atoms with van der Waals surface area (Å²) in [4.78, 5) is 14.6. The molecule has 1 unspecified atom stereocenters. The summed E-state index contributed by atoms with van der Waals surface area (Å²) in [5.41, 5.74) is 6.34. The predicted octanol–water partition coefficient (Wildman–Crippen LogP) is 1.01. The number of hydrogen-bond donors (Lipinski definition) is 1. The first-order valence-corrected chi connectivity index (χ1v) is 9.12. The molecule has 0 bridgehead atoms. The number of nitrogen functional groups attached to an aromatic ring is 1. The van der Waals surface area contributed by atoms with Crippen molar-refractivity contribution in [1.82, 2.24) is 4.90 Å². The first-order valence-electron chi connectivity index (χ1n) is 6.32. The van der Waals surface area contributed by atoms with Crippen molar-refractivity contribution in [3.8, 4) is 0 Å². The van der Waals surface area contributed by atoms with E-state index in [4.69, 9.17) is 5.73 Å². The molecule has 2 rings (SSSR count). The quantitative estimate of drug-likeness (QED) is 0.662. The standard InChI is InChI=1S/C13H18N2O3S2/c1-15(11-5-6-20(17,18)9-11)13(16)8-19-12-4-2-3-10(14)7-12/h2-4,7,11H,5-6,8-9,14H2,1H3. The summed E-state index contributed by atoms with van der Waals surface area (Å²) in [7, 11) is -1.29. The maximum atomic E-state index is 12.1. The van der Waals surface area contributed by atoms with E-state index in [1.807, 2.05) is 18.2 Å². The smallest absolute Gasteiger partial charge is 0.232 e. The van der Waals surface area contributed by atoms with E-state index in [1.54, 1.807) is 18.0 Å². The predicted molar refractivity (Wildman–Crippen MR) is 81.4 cm³/mol. The van der Waals surface area contributed by atoms with Crippen molar-refractivity contribution in [1.29, 1.82) is 0 Å². The molecule has 1 heterocycles. The van der Waals surface area contributed by atoms with Gasteiger partial charge >= 0.3 is 0 Å². The lowest BCUT2D eigenvalue weighted by atomic mass is 10.2. The van der Waals surface area contributed by atoms with Gasteiger partial charge in [-0.1, -0.05) is 6.07 Å². The minimum absolute atomic E-state index is 0.0560. The van der Waals surface area contributed by atoms with Gasteiger partial charge in [-0.05, 0) is 24.6 Å². The van der Waals surface area contributed by atoms with Crippen LogP contribution in [0.1, 0.15) is 6.42 Å². The number of carbonyl (C=O) groups excluding carboxylic acids is 1. The molecule has 0 aromatic heterocycles. The van der Waals surface area contributed by atoms with Gasteiger partial charge in [0.1, 0.15) is 0 Å². The van der Waals surface area contributed by atoms with Gasteiger partial charge in [0, 0.05) is 23.7 Å². The summed E-state index contributed by atoms with van der Waals surface area (Å²) >= 11 is 1.41. The molecule has 5 nitrogen and oxygen atoms in total. The molecule has 0 aliphatic carbocycles. The lowest BCUT2D eigenvalue weighted by Gasteiger charge is -2.23. The average molecular weight is 314 g/mol. The van der Waals surface area contributed by atoms with Gasteiger partial charge in [0.15, 0.2) is 9.84 Å². The number of nitrogens with two attached hydrogens (primary N) is 1. The summed E-state index contributed by atoms with van der Waals surface area (Å²) in [5, 5.41) is 0. The fourth-order valence-electron chi connectivity index (χ4n) is 2.14. The van der Waals surface area contributed by atoms with Crippen molar-refractivity contribution in [3.05, 3.63) is 24.3 Å². The number of rotatable bonds is 4. The highest BCUT2D eigenvalue weighted by molar-refractivity contribution is 8.00. The van der Waals surface area contributed by atoms with Crippen LogP contribution in [0.3, 0.4) is 0 Å². The van der Waals surface area contributed by atoms with E-state index < -0.39 is 9.84 Å². The second-order valence-corrected chi connectivity index (χ2v) is 8.20. The van der Waals surface area contributed by atoms with E-state index >= 15 is 0 Å². The topological polar surface area (TPSA) is 80.5 Å². The number of sulfone groups is 1. The van der Waals surface area contributed by atoms with E-state index in [9.17, 15) is 13.2 Å². The van der Waals surface area contributed by atoms with E-state index in [1.165, 1.54) is 11.8 Å². The van der Waals surface area contributed by atoms with E-state index in [2.05, 4.69) is 0 Å². The van der Waals surface area contributed by atoms with Gasteiger partial charge in [0.2, 0.25) is 5.91 Å². The summed E-state index contributed by atoms with van der Waals surface area (Å²) in [6, 6.07) is 7.16. The Morgan fingerprint density at radius 3 is 2.85 bits per heavy atom. The van der Waals surface area contributed by atoms with Crippen molar-refractivity contribution in [2.75, 3.05) is 30.0 Å². The molecule has 1 amide bonds. The molecular formula is C13H18N2O3S2. The van der Waals surface area contributed by atoms with Crippen LogP contribution in [0, 0.1) is 0 Å². The van der Waals surface area contributed by atoms with Gasteiger partial charge in [-0.25, -0.2) is 8.42 Å². The molecule has 0 saturated carbocycles. The maximum absolute atomic E-state index is 12.1.